The number of benzene rings is 10. The van der Waals surface area contributed by atoms with Crippen molar-refractivity contribution in [2.24, 2.45) is 0 Å². The molecular formula is C63H42N4. The lowest BCUT2D eigenvalue weighted by Gasteiger charge is -2.16. The van der Waals surface area contributed by atoms with Crippen molar-refractivity contribution in [1.29, 1.82) is 0 Å². The second-order valence-corrected chi connectivity index (χ2v) is 16.8. The van der Waals surface area contributed by atoms with Crippen LogP contribution in [0.5, 0.6) is 0 Å². The predicted octanol–water partition coefficient (Wildman–Crippen LogP) is 16.3. The molecule has 4 heteroatoms. The van der Waals surface area contributed by atoms with Crippen LogP contribution in [0.3, 0.4) is 0 Å². The normalized spacial score (nSPS) is 11.3. The van der Waals surface area contributed by atoms with Crippen LogP contribution >= 0.6 is 0 Å². The Balaban J connectivity index is 1.13. The molecule has 0 radical (unpaired) electrons. The second kappa shape index (κ2) is 17.2. The zero-order valence-corrected chi connectivity index (χ0v) is 36.5. The van der Waals surface area contributed by atoms with Gasteiger partial charge in [-0.2, -0.15) is 9.97 Å². The molecule has 0 N–H and O–H groups in total. The van der Waals surface area contributed by atoms with Gasteiger partial charge < -0.3 is 0 Å². The van der Waals surface area contributed by atoms with Crippen LogP contribution in [-0.4, -0.2) is 19.5 Å². The smallest absolute Gasteiger partial charge is 0.238 e. The van der Waals surface area contributed by atoms with E-state index in [2.05, 4.69) is 223 Å². The van der Waals surface area contributed by atoms with Crippen LogP contribution in [0.25, 0.3) is 117 Å². The third kappa shape index (κ3) is 7.67. The van der Waals surface area contributed by atoms with Crippen LogP contribution in [0, 0.1) is 0 Å². The molecular weight excluding hydrogens is 813 g/mol. The summed E-state index contributed by atoms with van der Waals surface area (Å²) < 4.78 is 2.25. The molecule has 0 spiro atoms. The molecule has 0 aliphatic carbocycles. The minimum Gasteiger partial charge on any atom is -0.277 e. The number of rotatable bonds is 9. The summed E-state index contributed by atoms with van der Waals surface area (Å²) in [7, 11) is 0. The molecule has 2 aromatic heterocycles. The highest BCUT2D eigenvalue weighted by Crippen LogP contribution is 2.43. The Hall–Kier alpha value is -8.99. The highest BCUT2D eigenvalue weighted by molar-refractivity contribution is 6.15. The van der Waals surface area contributed by atoms with Crippen LogP contribution in [0.2, 0.25) is 0 Å². The quantitative estimate of drug-likeness (QED) is 0.145. The maximum absolute atomic E-state index is 5.32. The molecule has 0 saturated carbocycles. The maximum atomic E-state index is 5.32. The van der Waals surface area contributed by atoms with Crippen molar-refractivity contribution in [2.45, 2.75) is 0 Å². The molecule has 0 fully saturated rings. The van der Waals surface area contributed by atoms with E-state index in [1.807, 2.05) is 36.4 Å². The Labute approximate surface area is 389 Å². The fourth-order valence-corrected chi connectivity index (χ4v) is 9.35. The van der Waals surface area contributed by atoms with Crippen LogP contribution in [-0.2, 0) is 0 Å². The summed E-state index contributed by atoms with van der Waals surface area (Å²) in [6, 6.07) is 90.4. The summed E-state index contributed by atoms with van der Waals surface area (Å²) in [6.07, 6.45) is 0. The average Bonchev–Trinajstić information content (AvgIpc) is 3.76. The third-order valence-corrected chi connectivity index (χ3v) is 12.6. The van der Waals surface area contributed by atoms with Gasteiger partial charge in [0.2, 0.25) is 5.95 Å². The molecule has 2 heterocycles. The zero-order chi connectivity index (χ0) is 44.5. The van der Waals surface area contributed by atoms with Gasteiger partial charge in [0, 0.05) is 27.5 Å². The monoisotopic (exact) mass is 854 g/mol. The highest BCUT2D eigenvalue weighted by atomic mass is 15.2. The molecule has 0 aliphatic heterocycles. The number of nitrogens with zero attached hydrogens (tertiary/aromatic N) is 4. The van der Waals surface area contributed by atoms with Gasteiger partial charge in [-0.25, -0.2) is 4.98 Å². The number of hydrogen-bond acceptors (Lipinski definition) is 3. The van der Waals surface area contributed by atoms with Crippen LogP contribution < -0.4 is 0 Å². The van der Waals surface area contributed by atoms with Crippen molar-refractivity contribution >= 4 is 21.8 Å². The standard InChI is InChI=1S/C63H42N4/c1-6-20-43(21-7-1)48-30-18-31-49(36-48)55-41-57(51-33-19-32-50(37-51)54-39-52(44-22-8-2-9-23-44)38-53(40-54)45-24-10-3-11-25-45)60-58(42-55)56-34-16-17-35-59(56)67(60)63-65-61(46-26-12-4-13-27-46)64-62(66-63)47-28-14-5-15-29-47/h1-42H. The van der Waals surface area contributed by atoms with E-state index in [4.69, 9.17) is 15.0 Å². The summed E-state index contributed by atoms with van der Waals surface area (Å²) >= 11 is 0. The molecule has 4 nitrogen and oxygen atoms in total. The number of fused-ring (bicyclic) bond motifs is 3. The van der Waals surface area contributed by atoms with Crippen LogP contribution in [0.15, 0.2) is 255 Å². The molecule has 12 rings (SSSR count). The van der Waals surface area contributed by atoms with Gasteiger partial charge >= 0.3 is 0 Å². The summed E-state index contributed by atoms with van der Waals surface area (Å²) in [5, 5.41) is 2.22. The van der Waals surface area contributed by atoms with E-state index in [9.17, 15) is 0 Å². The molecule has 314 valence electrons. The SMILES string of the molecule is c1ccc(-c2cccc(-c3cc(-c4cccc(-c5cc(-c6ccccc6)cc(-c6ccccc6)c5)c4)c4c(c3)c3ccccc3n4-c3nc(-c4ccccc4)nc(-c4ccccc4)n3)c2)cc1. The van der Waals surface area contributed by atoms with E-state index >= 15 is 0 Å². The summed E-state index contributed by atoms with van der Waals surface area (Å²) in [5.74, 6) is 1.78. The summed E-state index contributed by atoms with van der Waals surface area (Å²) in [4.78, 5) is 15.7. The van der Waals surface area contributed by atoms with Crippen molar-refractivity contribution in [2.75, 3.05) is 0 Å². The zero-order valence-electron chi connectivity index (χ0n) is 36.5. The topological polar surface area (TPSA) is 43.6 Å². The minimum atomic E-state index is 0.554. The first-order valence-corrected chi connectivity index (χ1v) is 22.7. The average molecular weight is 855 g/mol. The predicted molar refractivity (Wildman–Crippen MR) is 278 cm³/mol. The largest absolute Gasteiger partial charge is 0.277 e. The van der Waals surface area contributed by atoms with Crippen LogP contribution in [0.4, 0.5) is 0 Å². The minimum absolute atomic E-state index is 0.554. The number of para-hydroxylation sites is 1. The number of aromatic nitrogens is 4. The fraction of sp³-hybridized carbons (Fsp3) is 0. The van der Waals surface area contributed by atoms with E-state index in [1.54, 1.807) is 0 Å². The van der Waals surface area contributed by atoms with Crippen molar-refractivity contribution < 1.29 is 0 Å². The molecule has 0 saturated heterocycles. The van der Waals surface area contributed by atoms with E-state index in [-0.39, 0.29) is 0 Å². The maximum Gasteiger partial charge on any atom is 0.238 e. The molecule has 10 aromatic carbocycles. The lowest BCUT2D eigenvalue weighted by atomic mass is 9.90. The van der Waals surface area contributed by atoms with Gasteiger partial charge in [0.05, 0.1) is 11.0 Å². The Morgan fingerprint density at radius 3 is 1.12 bits per heavy atom. The Morgan fingerprint density at radius 2 is 0.597 bits per heavy atom. The number of hydrogen-bond donors (Lipinski definition) is 0. The van der Waals surface area contributed by atoms with Crippen LogP contribution in [0.1, 0.15) is 0 Å². The van der Waals surface area contributed by atoms with E-state index in [0.29, 0.717) is 17.6 Å². The van der Waals surface area contributed by atoms with Gasteiger partial charge in [-0.15, -0.1) is 0 Å². The van der Waals surface area contributed by atoms with E-state index < -0.39 is 0 Å². The van der Waals surface area contributed by atoms with Gasteiger partial charge in [0.1, 0.15) is 0 Å². The van der Waals surface area contributed by atoms with Crippen molar-refractivity contribution in [3.8, 4) is 95.5 Å². The van der Waals surface area contributed by atoms with Crippen molar-refractivity contribution in [1.82, 2.24) is 19.5 Å². The third-order valence-electron chi connectivity index (χ3n) is 12.6. The Kier molecular flexibility index (Phi) is 10.2. The lowest BCUT2D eigenvalue weighted by molar-refractivity contribution is 0.954. The van der Waals surface area contributed by atoms with E-state index in [0.717, 1.165) is 66.3 Å². The summed E-state index contributed by atoms with van der Waals surface area (Å²) in [5.41, 5.74) is 17.6. The van der Waals surface area contributed by atoms with Gasteiger partial charge in [0.15, 0.2) is 11.6 Å². The molecule has 0 atom stereocenters. The second-order valence-electron chi connectivity index (χ2n) is 16.8. The van der Waals surface area contributed by atoms with Gasteiger partial charge in [-0.1, -0.05) is 206 Å². The molecule has 67 heavy (non-hydrogen) atoms. The highest BCUT2D eigenvalue weighted by Gasteiger charge is 2.22. The Bertz CT molecular complexity index is 3600. The molecule has 0 unspecified atom stereocenters. The molecule has 12 aromatic rings. The first kappa shape index (κ1) is 39.6. The first-order chi connectivity index (χ1) is 33.2. The fourth-order valence-electron chi connectivity index (χ4n) is 9.35. The van der Waals surface area contributed by atoms with E-state index in [1.165, 1.54) is 33.4 Å². The molecule has 0 aliphatic rings. The van der Waals surface area contributed by atoms with Gasteiger partial charge in [-0.05, 0) is 110 Å². The van der Waals surface area contributed by atoms with Gasteiger partial charge in [-0.3, -0.25) is 4.57 Å². The van der Waals surface area contributed by atoms with Crippen molar-refractivity contribution in [3.63, 3.8) is 0 Å². The lowest BCUT2D eigenvalue weighted by Crippen LogP contribution is -2.07. The first-order valence-electron chi connectivity index (χ1n) is 22.7. The Morgan fingerprint density at radius 1 is 0.239 bits per heavy atom. The summed E-state index contributed by atoms with van der Waals surface area (Å²) in [6.45, 7) is 0. The molecule has 0 bridgehead atoms. The van der Waals surface area contributed by atoms with Crippen molar-refractivity contribution in [3.05, 3.63) is 255 Å². The molecule has 0 amide bonds. The van der Waals surface area contributed by atoms with Gasteiger partial charge in [0.25, 0.3) is 0 Å².